The summed E-state index contributed by atoms with van der Waals surface area (Å²) in [6.07, 6.45) is 2.94. The monoisotopic (exact) mass is 507 g/mol. The highest BCUT2D eigenvalue weighted by Gasteiger charge is 2.33. The highest BCUT2D eigenvalue weighted by atomic mass is 19.1. The molecule has 0 saturated carbocycles. The smallest absolute Gasteiger partial charge is 0.273 e. The van der Waals surface area contributed by atoms with Crippen LogP contribution in [0.4, 0.5) is 4.39 Å². The normalized spacial score (nSPS) is 15.1. The highest BCUT2D eigenvalue weighted by Crippen LogP contribution is 2.38. The molecule has 0 bridgehead atoms. The first kappa shape index (κ1) is 26.4. The number of carbonyl (C=O) groups excluding carboxylic acids is 2. The molecule has 0 aliphatic carbocycles. The first-order valence-electron chi connectivity index (χ1n) is 12.8. The Bertz CT molecular complexity index is 1240. The lowest BCUT2D eigenvalue weighted by molar-refractivity contribution is -0.136. The molecule has 4 rings (SSSR count). The predicted octanol–water partition coefficient (Wildman–Crippen LogP) is 5.30. The second kappa shape index (κ2) is 11.6. The number of hydrogen-bond acceptors (Lipinski definition) is 5. The Kier molecular flexibility index (Phi) is 8.26. The summed E-state index contributed by atoms with van der Waals surface area (Å²) in [6.45, 7) is 9.18. The van der Waals surface area contributed by atoms with Gasteiger partial charge < -0.3 is 19.4 Å². The van der Waals surface area contributed by atoms with Crippen LogP contribution in [0, 0.1) is 17.7 Å². The minimum atomic E-state index is -0.342. The molecule has 2 aromatic carbocycles. The lowest BCUT2D eigenvalue weighted by Crippen LogP contribution is -2.42. The van der Waals surface area contributed by atoms with Crippen molar-refractivity contribution in [2.45, 2.75) is 53.2 Å². The van der Waals surface area contributed by atoms with Crippen molar-refractivity contribution >= 4 is 11.8 Å². The number of amides is 2. The van der Waals surface area contributed by atoms with E-state index in [1.165, 1.54) is 18.4 Å². The van der Waals surface area contributed by atoms with E-state index in [4.69, 9.17) is 9.15 Å². The maximum Gasteiger partial charge on any atom is 0.273 e. The summed E-state index contributed by atoms with van der Waals surface area (Å²) < 4.78 is 25.1. The van der Waals surface area contributed by atoms with Crippen LogP contribution < -0.4 is 10.1 Å². The van der Waals surface area contributed by atoms with Gasteiger partial charge in [0.05, 0.1) is 6.04 Å². The molecule has 196 valence electrons. The van der Waals surface area contributed by atoms with Crippen molar-refractivity contribution in [3.05, 3.63) is 82.8 Å². The third-order valence-corrected chi connectivity index (χ3v) is 6.46. The lowest BCUT2D eigenvalue weighted by Gasteiger charge is -2.39. The summed E-state index contributed by atoms with van der Waals surface area (Å²) in [5.41, 5.74) is 3.12. The molecule has 1 N–H and O–H groups in total. The quantitative estimate of drug-likeness (QED) is 0.425. The third-order valence-electron chi connectivity index (χ3n) is 6.46. The molecule has 0 radical (unpaired) electrons. The fraction of sp³-hybridized carbons (Fsp3) is 0.414. The summed E-state index contributed by atoms with van der Waals surface area (Å²) >= 11 is 0. The SMILES string of the molecule is CC(C)CCNC(=O)c1coc(COc2ccc3c(c2)[C@H](c2ccc(F)cc2)N(C(=O)C(C)C)CC3)n1. The zero-order chi connectivity index (χ0) is 26.5. The lowest BCUT2D eigenvalue weighted by atomic mass is 9.87. The molecule has 7 nitrogen and oxygen atoms in total. The van der Waals surface area contributed by atoms with E-state index < -0.39 is 0 Å². The van der Waals surface area contributed by atoms with Crippen LogP contribution in [0.2, 0.25) is 0 Å². The number of oxazole rings is 1. The number of benzene rings is 2. The summed E-state index contributed by atoms with van der Waals surface area (Å²) in [4.78, 5) is 31.5. The Balaban J connectivity index is 1.51. The maximum atomic E-state index is 13.7. The molecular weight excluding hydrogens is 473 g/mol. The van der Waals surface area contributed by atoms with Crippen LogP contribution in [0.3, 0.4) is 0 Å². The molecule has 37 heavy (non-hydrogen) atoms. The average molecular weight is 508 g/mol. The number of fused-ring (bicyclic) bond motifs is 1. The number of nitrogens with zero attached hydrogens (tertiary/aromatic N) is 2. The summed E-state index contributed by atoms with van der Waals surface area (Å²) in [5.74, 6) is 0.663. The van der Waals surface area contributed by atoms with E-state index in [2.05, 4.69) is 24.1 Å². The molecule has 2 heterocycles. The molecule has 1 aliphatic rings. The van der Waals surface area contributed by atoms with Gasteiger partial charge >= 0.3 is 0 Å². The molecule has 0 saturated heterocycles. The van der Waals surface area contributed by atoms with E-state index >= 15 is 0 Å². The number of nitrogens with one attached hydrogen (secondary N) is 1. The molecule has 1 aromatic heterocycles. The van der Waals surface area contributed by atoms with Crippen LogP contribution in [0.25, 0.3) is 0 Å². The van der Waals surface area contributed by atoms with E-state index in [-0.39, 0.29) is 41.9 Å². The number of aromatic nitrogens is 1. The Morgan fingerprint density at radius 3 is 2.62 bits per heavy atom. The van der Waals surface area contributed by atoms with Gasteiger partial charge in [0.25, 0.3) is 5.91 Å². The molecule has 3 aromatic rings. The van der Waals surface area contributed by atoms with Gasteiger partial charge in [-0.1, -0.05) is 45.9 Å². The number of carbonyl (C=O) groups is 2. The molecule has 0 unspecified atom stereocenters. The van der Waals surface area contributed by atoms with E-state index in [1.807, 2.05) is 36.9 Å². The van der Waals surface area contributed by atoms with Crippen molar-refractivity contribution < 1.29 is 23.1 Å². The van der Waals surface area contributed by atoms with Gasteiger partial charge in [-0.15, -0.1) is 0 Å². The van der Waals surface area contributed by atoms with Crippen molar-refractivity contribution in [1.82, 2.24) is 15.2 Å². The topological polar surface area (TPSA) is 84.7 Å². The van der Waals surface area contributed by atoms with Gasteiger partial charge in [-0.2, -0.15) is 0 Å². The zero-order valence-corrected chi connectivity index (χ0v) is 21.8. The third kappa shape index (κ3) is 6.37. The molecule has 0 fully saturated rings. The number of hydrogen-bond donors (Lipinski definition) is 1. The first-order chi connectivity index (χ1) is 17.7. The highest BCUT2D eigenvalue weighted by molar-refractivity contribution is 5.91. The van der Waals surface area contributed by atoms with Crippen LogP contribution in [0.1, 0.15) is 73.2 Å². The minimum absolute atomic E-state index is 0.0466. The molecule has 0 spiro atoms. The number of rotatable bonds is 9. The summed E-state index contributed by atoms with van der Waals surface area (Å²) in [6, 6.07) is 11.7. The van der Waals surface area contributed by atoms with Crippen LogP contribution in [0.5, 0.6) is 5.75 Å². The predicted molar refractivity (Wildman–Crippen MR) is 138 cm³/mol. The maximum absolute atomic E-state index is 13.7. The fourth-order valence-electron chi connectivity index (χ4n) is 4.45. The van der Waals surface area contributed by atoms with Crippen molar-refractivity contribution in [2.75, 3.05) is 13.1 Å². The van der Waals surface area contributed by atoms with Gasteiger partial charge in [-0.3, -0.25) is 9.59 Å². The van der Waals surface area contributed by atoms with E-state index in [0.717, 1.165) is 29.5 Å². The van der Waals surface area contributed by atoms with Crippen molar-refractivity contribution in [1.29, 1.82) is 0 Å². The van der Waals surface area contributed by atoms with Crippen molar-refractivity contribution in [2.24, 2.45) is 11.8 Å². The second-order valence-corrected chi connectivity index (χ2v) is 10.1. The largest absolute Gasteiger partial charge is 0.484 e. The van der Waals surface area contributed by atoms with Crippen molar-refractivity contribution in [3.63, 3.8) is 0 Å². The molecule has 1 aliphatic heterocycles. The minimum Gasteiger partial charge on any atom is -0.484 e. The first-order valence-corrected chi connectivity index (χ1v) is 12.8. The molecule has 2 amide bonds. The Morgan fingerprint density at radius 2 is 1.92 bits per heavy atom. The Labute approximate surface area is 217 Å². The van der Waals surface area contributed by atoms with Crippen LogP contribution in [-0.2, 0) is 17.8 Å². The molecule has 1 atom stereocenters. The van der Waals surface area contributed by atoms with Crippen molar-refractivity contribution in [3.8, 4) is 5.75 Å². The van der Waals surface area contributed by atoms with Crippen LogP contribution >= 0.6 is 0 Å². The van der Waals surface area contributed by atoms with E-state index in [0.29, 0.717) is 30.6 Å². The number of halogens is 1. The van der Waals surface area contributed by atoms with Crippen LogP contribution in [-0.4, -0.2) is 34.8 Å². The van der Waals surface area contributed by atoms with Gasteiger partial charge in [-0.25, -0.2) is 9.37 Å². The fourth-order valence-corrected chi connectivity index (χ4v) is 4.45. The standard InChI is InChI=1S/C29H34FN3O4/c1-18(2)11-13-31-28(34)25-16-37-26(32-25)17-36-23-10-7-20-12-14-33(29(35)19(3)4)27(24(20)15-23)21-5-8-22(30)9-6-21/h5-10,15-16,18-19,27H,11-14,17H2,1-4H3,(H,31,34)/t27-/m0/s1. The second-order valence-electron chi connectivity index (χ2n) is 10.1. The molecule has 8 heteroatoms. The summed E-state index contributed by atoms with van der Waals surface area (Å²) in [5, 5.41) is 2.84. The number of ether oxygens (including phenoxy) is 1. The zero-order valence-electron chi connectivity index (χ0n) is 21.8. The summed E-state index contributed by atoms with van der Waals surface area (Å²) in [7, 11) is 0. The molecular formula is C29H34FN3O4. The van der Waals surface area contributed by atoms with Crippen LogP contribution in [0.15, 0.2) is 53.1 Å². The van der Waals surface area contributed by atoms with Gasteiger partial charge in [-0.05, 0) is 59.7 Å². The van der Waals surface area contributed by atoms with E-state index in [1.54, 1.807) is 12.1 Å². The Hall–Kier alpha value is -3.68. The average Bonchev–Trinajstić information content (AvgIpc) is 3.36. The van der Waals surface area contributed by atoms with Gasteiger partial charge in [0.15, 0.2) is 12.3 Å². The van der Waals surface area contributed by atoms with Gasteiger partial charge in [0.1, 0.15) is 17.8 Å². The van der Waals surface area contributed by atoms with E-state index in [9.17, 15) is 14.0 Å². The van der Waals surface area contributed by atoms with Gasteiger partial charge in [0, 0.05) is 19.0 Å². The van der Waals surface area contributed by atoms with Gasteiger partial charge in [0.2, 0.25) is 11.8 Å². The Morgan fingerprint density at radius 1 is 1.16 bits per heavy atom.